The molecule has 0 aliphatic carbocycles. The van der Waals surface area contributed by atoms with Crippen LogP contribution in [0.3, 0.4) is 0 Å². The SMILES string of the molecule is C[C@H]1CC(C)(C)CN1. The smallest absolute Gasteiger partial charge is 0.00445 e. The van der Waals surface area contributed by atoms with Crippen LogP contribution < -0.4 is 5.32 Å². The fourth-order valence-corrected chi connectivity index (χ4v) is 1.42. The van der Waals surface area contributed by atoms with Crippen molar-refractivity contribution >= 4 is 0 Å². The van der Waals surface area contributed by atoms with E-state index in [0.717, 1.165) is 6.04 Å². The van der Waals surface area contributed by atoms with Crippen LogP contribution in [-0.2, 0) is 0 Å². The zero-order chi connectivity index (χ0) is 6.20. The quantitative estimate of drug-likeness (QED) is 0.500. The first kappa shape index (κ1) is 6.09. The van der Waals surface area contributed by atoms with Crippen molar-refractivity contribution in [2.75, 3.05) is 6.54 Å². The third-order valence-corrected chi connectivity index (χ3v) is 1.79. The zero-order valence-corrected chi connectivity index (χ0v) is 5.99. The summed E-state index contributed by atoms with van der Waals surface area (Å²) in [4.78, 5) is 0. The summed E-state index contributed by atoms with van der Waals surface area (Å²) >= 11 is 0. The maximum absolute atomic E-state index is 3.41. The maximum Gasteiger partial charge on any atom is 0.00445 e. The molecule has 0 spiro atoms. The lowest BCUT2D eigenvalue weighted by Crippen LogP contribution is -2.18. The molecule has 1 rings (SSSR count). The molecular weight excluding hydrogens is 98.1 g/mol. The minimum Gasteiger partial charge on any atom is -0.314 e. The Labute approximate surface area is 51.5 Å². The molecule has 1 heterocycles. The summed E-state index contributed by atoms with van der Waals surface area (Å²) in [5.41, 5.74) is 0.555. The molecule has 0 amide bonds. The van der Waals surface area contributed by atoms with Gasteiger partial charge in [-0.25, -0.2) is 0 Å². The first-order valence-electron chi connectivity index (χ1n) is 3.33. The van der Waals surface area contributed by atoms with Crippen molar-refractivity contribution in [2.45, 2.75) is 33.2 Å². The van der Waals surface area contributed by atoms with E-state index in [1.807, 2.05) is 0 Å². The Morgan fingerprint density at radius 2 is 2.12 bits per heavy atom. The average Bonchev–Trinajstić information content (AvgIpc) is 1.82. The van der Waals surface area contributed by atoms with E-state index in [2.05, 4.69) is 26.1 Å². The second-order valence-corrected chi connectivity index (χ2v) is 3.65. The highest BCUT2D eigenvalue weighted by molar-refractivity contribution is 4.84. The summed E-state index contributed by atoms with van der Waals surface area (Å²) in [6.07, 6.45) is 1.33. The van der Waals surface area contributed by atoms with Crippen molar-refractivity contribution in [2.24, 2.45) is 5.41 Å². The Hall–Kier alpha value is -0.0400. The lowest BCUT2D eigenvalue weighted by atomic mass is 9.91. The molecule has 1 heteroatoms. The predicted molar refractivity (Wildman–Crippen MR) is 35.9 cm³/mol. The lowest BCUT2D eigenvalue weighted by Gasteiger charge is -2.13. The van der Waals surface area contributed by atoms with Gasteiger partial charge in [-0.05, 0) is 18.8 Å². The zero-order valence-electron chi connectivity index (χ0n) is 5.99. The van der Waals surface area contributed by atoms with Gasteiger partial charge in [-0.2, -0.15) is 0 Å². The van der Waals surface area contributed by atoms with Crippen molar-refractivity contribution in [1.82, 2.24) is 5.32 Å². The summed E-state index contributed by atoms with van der Waals surface area (Å²) in [7, 11) is 0. The van der Waals surface area contributed by atoms with E-state index in [4.69, 9.17) is 0 Å². The molecule has 0 aromatic rings. The van der Waals surface area contributed by atoms with Crippen molar-refractivity contribution in [3.8, 4) is 0 Å². The number of nitrogens with one attached hydrogen (secondary N) is 1. The first-order valence-corrected chi connectivity index (χ1v) is 3.33. The van der Waals surface area contributed by atoms with Crippen molar-refractivity contribution in [1.29, 1.82) is 0 Å². The minimum absolute atomic E-state index is 0.555. The van der Waals surface area contributed by atoms with Gasteiger partial charge in [0.05, 0.1) is 0 Å². The number of hydrogen-bond acceptors (Lipinski definition) is 1. The molecule has 48 valence electrons. The van der Waals surface area contributed by atoms with Gasteiger partial charge < -0.3 is 5.32 Å². The largest absolute Gasteiger partial charge is 0.314 e. The van der Waals surface area contributed by atoms with Gasteiger partial charge in [-0.15, -0.1) is 0 Å². The Bertz CT molecular complexity index is 86.4. The molecule has 1 aliphatic rings. The molecule has 0 aromatic heterocycles. The fourth-order valence-electron chi connectivity index (χ4n) is 1.42. The minimum atomic E-state index is 0.555. The lowest BCUT2D eigenvalue weighted by molar-refractivity contribution is 0.405. The summed E-state index contributed by atoms with van der Waals surface area (Å²) in [5.74, 6) is 0. The van der Waals surface area contributed by atoms with Gasteiger partial charge in [0, 0.05) is 12.6 Å². The van der Waals surface area contributed by atoms with E-state index >= 15 is 0 Å². The maximum atomic E-state index is 3.41. The molecule has 1 fully saturated rings. The fraction of sp³-hybridized carbons (Fsp3) is 1.00. The molecule has 0 aromatic carbocycles. The molecular formula is C7H15N. The van der Waals surface area contributed by atoms with Crippen LogP contribution >= 0.6 is 0 Å². The van der Waals surface area contributed by atoms with Gasteiger partial charge in [-0.1, -0.05) is 13.8 Å². The van der Waals surface area contributed by atoms with Crippen LogP contribution in [0.2, 0.25) is 0 Å². The number of hydrogen-bond donors (Lipinski definition) is 1. The molecule has 0 saturated carbocycles. The summed E-state index contributed by atoms with van der Waals surface area (Å²) < 4.78 is 0. The Morgan fingerprint density at radius 3 is 2.25 bits per heavy atom. The van der Waals surface area contributed by atoms with E-state index in [1.165, 1.54) is 13.0 Å². The first-order chi connectivity index (χ1) is 3.60. The van der Waals surface area contributed by atoms with Crippen LogP contribution in [0.1, 0.15) is 27.2 Å². The highest BCUT2D eigenvalue weighted by Crippen LogP contribution is 2.26. The van der Waals surface area contributed by atoms with E-state index in [-0.39, 0.29) is 0 Å². The third kappa shape index (κ3) is 1.22. The Balaban J connectivity index is 2.44. The predicted octanol–water partition coefficient (Wildman–Crippen LogP) is 1.39. The number of rotatable bonds is 0. The van der Waals surface area contributed by atoms with Gasteiger partial charge in [0.15, 0.2) is 0 Å². The van der Waals surface area contributed by atoms with Crippen LogP contribution in [0, 0.1) is 5.41 Å². The topological polar surface area (TPSA) is 12.0 Å². The standard InChI is InChI=1S/C7H15N/c1-6-4-7(2,3)5-8-6/h6,8H,4-5H2,1-3H3/t6-/m0/s1. The molecule has 8 heavy (non-hydrogen) atoms. The summed E-state index contributed by atoms with van der Waals surface area (Å²) in [5, 5.41) is 3.41. The van der Waals surface area contributed by atoms with Crippen LogP contribution in [0.5, 0.6) is 0 Å². The molecule has 0 unspecified atom stereocenters. The monoisotopic (exact) mass is 113 g/mol. The van der Waals surface area contributed by atoms with Crippen molar-refractivity contribution < 1.29 is 0 Å². The normalized spacial score (nSPS) is 35.6. The van der Waals surface area contributed by atoms with Gasteiger partial charge >= 0.3 is 0 Å². The summed E-state index contributed by atoms with van der Waals surface area (Å²) in [6.45, 7) is 8.05. The molecule has 1 saturated heterocycles. The van der Waals surface area contributed by atoms with Crippen LogP contribution in [-0.4, -0.2) is 12.6 Å². The van der Waals surface area contributed by atoms with Crippen molar-refractivity contribution in [3.05, 3.63) is 0 Å². The second kappa shape index (κ2) is 1.73. The molecule has 1 N–H and O–H groups in total. The van der Waals surface area contributed by atoms with Gasteiger partial charge in [0.1, 0.15) is 0 Å². The van der Waals surface area contributed by atoms with Gasteiger partial charge in [-0.3, -0.25) is 0 Å². The van der Waals surface area contributed by atoms with E-state index < -0.39 is 0 Å². The molecule has 1 aliphatic heterocycles. The van der Waals surface area contributed by atoms with Crippen LogP contribution in [0.4, 0.5) is 0 Å². The third-order valence-electron chi connectivity index (χ3n) is 1.79. The van der Waals surface area contributed by atoms with Crippen LogP contribution in [0.15, 0.2) is 0 Å². The highest BCUT2D eigenvalue weighted by Gasteiger charge is 2.27. The second-order valence-electron chi connectivity index (χ2n) is 3.65. The Kier molecular flexibility index (Phi) is 1.31. The van der Waals surface area contributed by atoms with E-state index in [1.54, 1.807) is 0 Å². The van der Waals surface area contributed by atoms with E-state index in [0.29, 0.717) is 5.41 Å². The van der Waals surface area contributed by atoms with Crippen molar-refractivity contribution in [3.63, 3.8) is 0 Å². The molecule has 0 radical (unpaired) electrons. The average molecular weight is 113 g/mol. The highest BCUT2D eigenvalue weighted by atomic mass is 15.0. The van der Waals surface area contributed by atoms with Gasteiger partial charge in [0.25, 0.3) is 0 Å². The molecule has 1 atom stereocenters. The molecule has 0 bridgehead atoms. The van der Waals surface area contributed by atoms with Crippen LogP contribution in [0.25, 0.3) is 0 Å². The molecule has 1 nitrogen and oxygen atoms in total. The van der Waals surface area contributed by atoms with E-state index in [9.17, 15) is 0 Å². The van der Waals surface area contributed by atoms with Gasteiger partial charge in [0.2, 0.25) is 0 Å². The summed E-state index contributed by atoms with van der Waals surface area (Å²) in [6, 6.07) is 0.741. The Morgan fingerprint density at radius 1 is 1.50 bits per heavy atom.